The van der Waals surface area contributed by atoms with Gasteiger partial charge in [-0.1, -0.05) is 0 Å². The summed E-state index contributed by atoms with van der Waals surface area (Å²) in [5.74, 6) is 1.42. The second-order valence-electron chi connectivity index (χ2n) is 6.99. The van der Waals surface area contributed by atoms with Gasteiger partial charge in [-0.05, 0) is 71.4 Å². The number of hydrogen-bond acceptors (Lipinski definition) is 5. The Bertz CT molecular complexity index is 523. The molecule has 0 amide bonds. The fourth-order valence-electron chi connectivity index (χ4n) is 3.48. The van der Waals surface area contributed by atoms with Crippen molar-refractivity contribution in [1.29, 1.82) is 0 Å². The highest BCUT2D eigenvalue weighted by atomic mass is 16.5. The largest absolute Gasteiger partial charge is 0.486 e. The summed E-state index contributed by atoms with van der Waals surface area (Å²) in [4.78, 5) is 9.18. The fourth-order valence-corrected chi connectivity index (χ4v) is 3.48. The summed E-state index contributed by atoms with van der Waals surface area (Å²) in [5.41, 5.74) is 1.10. The number of ether oxygens (including phenoxy) is 2. The SMILES string of the molecule is Cc1cnc(OC[C@@H]2CCCN2C)c(OC[C@@H]2CCCN2C)c1. The number of aromatic nitrogens is 1. The van der Waals surface area contributed by atoms with Crippen molar-refractivity contribution in [2.75, 3.05) is 40.4 Å². The van der Waals surface area contributed by atoms with E-state index in [4.69, 9.17) is 9.47 Å². The van der Waals surface area contributed by atoms with E-state index in [0.717, 1.165) is 24.4 Å². The van der Waals surface area contributed by atoms with Gasteiger partial charge in [0.1, 0.15) is 13.2 Å². The zero-order valence-corrected chi connectivity index (χ0v) is 14.6. The molecule has 3 rings (SSSR count). The molecule has 3 heterocycles. The quantitative estimate of drug-likeness (QED) is 0.804. The van der Waals surface area contributed by atoms with Gasteiger partial charge in [0.2, 0.25) is 0 Å². The molecule has 23 heavy (non-hydrogen) atoms. The Labute approximate surface area is 139 Å². The van der Waals surface area contributed by atoms with Crippen molar-refractivity contribution in [1.82, 2.24) is 14.8 Å². The number of aryl methyl sites for hydroxylation is 1. The minimum absolute atomic E-state index is 0.493. The Morgan fingerprint density at radius 1 is 1.04 bits per heavy atom. The van der Waals surface area contributed by atoms with Crippen molar-refractivity contribution >= 4 is 0 Å². The predicted molar refractivity (Wildman–Crippen MR) is 91.3 cm³/mol. The van der Waals surface area contributed by atoms with Gasteiger partial charge in [-0.15, -0.1) is 0 Å². The summed E-state index contributed by atoms with van der Waals surface area (Å²) in [6.07, 6.45) is 6.77. The molecule has 0 radical (unpaired) electrons. The fraction of sp³-hybridized carbons (Fsp3) is 0.722. The third-order valence-corrected chi connectivity index (χ3v) is 5.14. The lowest BCUT2D eigenvalue weighted by atomic mass is 10.2. The zero-order chi connectivity index (χ0) is 16.2. The maximum atomic E-state index is 6.07. The van der Waals surface area contributed by atoms with Crippen molar-refractivity contribution < 1.29 is 9.47 Å². The summed E-state index contributed by atoms with van der Waals surface area (Å²) < 4.78 is 12.1. The summed E-state index contributed by atoms with van der Waals surface area (Å²) in [7, 11) is 4.33. The standard InChI is InChI=1S/C18H29N3O2/c1-14-10-17(22-12-15-6-4-8-20(15)2)18(19-11-14)23-13-16-7-5-9-21(16)3/h10-11,15-16H,4-9,12-13H2,1-3H3/t15-,16-/m0/s1. The highest BCUT2D eigenvalue weighted by molar-refractivity contribution is 5.36. The monoisotopic (exact) mass is 319 g/mol. The molecule has 2 fully saturated rings. The number of rotatable bonds is 6. The Balaban J connectivity index is 1.60. The van der Waals surface area contributed by atoms with Crippen molar-refractivity contribution in [2.45, 2.75) is 44.7 Å². The first-order valence-corrected chi connectivity index (χ1v) is 8.76. The minimum atomic E-state index is 0.493. The van der Waals surface area contributed by atoms with Crippen LogP contribution < -0.4 is 9.47 Å². The molecule has 2 aliphatic heterocycles. The van der Waals surface area contributed by atoms with Gasteiger partial charge in [-0.3, -0.25) is 0 Å². The smallest absolute Gasteiger partial charge is 0.257 e. The van der Waals surface area contributed by atoms with Crippen LogP contribution in [0.1, 0.15) is 31.2 Å². The zero-order valence-electron chi connectivity index (χ0n) is 14.6. The molecule has 0 unspecified atom stereocenters. The molecule has 2 atom stereocenters. The number of likely N-dealkylation sites (N-methyl/N-ethyl adjacent to an activating group) is 2. The Morgan fingerprint density at radius 2 is 1.65 bits per heavy atom. The molecule has 2 aliphatic rings. The van der Waals surface area contributed by atoms with Crippen LogP contribution in [0.4, 0.5) is 0 Å². The van der Waals surface area contributed by atoms with Crippen LogP contribution in [0.3, 0.4) is 0 Å². The molecule has 5 nitrogen and oxygen atoms in total. The lowest BCUT2D eigenvalue weighted by molar-refractivity contribution is 0.169. The van der Waals surface area contributed by atoms with E-state index in [1.807, 2.05) is 19.2 Å². The van der Waals surface area contributed by atoms with Gasteiger partial charge in [0.25, 0.3) is 5.88 Å². The Kier molecular flexibility index (Phi) is 5.38. The van der Waals surface area contributed by atoms with Crippen molar-refractivity contribution in [3.05, 3.63) is 17.8 Å². The summed E-state index contributed by atoms with van der Waals surface area (Å²) >= 11 is 0. The second-order valence-corrected chi connectivity index (χ2v) is 6.99. The van der Waals surface area contributed by atoms with E-state index >= 15 is 0 Å². The van der Waals surface area contributed by atoms with Gasteiger partial charge >= 0.3 is 0 Å². The molecule has 1 aromatic heterocycles. The predicted octanol–water partition coefficient (Wildman–Crippen LogP) is 2.34. The van der Waals surface area contributed by atoms with E-state index in [2.05, 4.69) is 28.9 Å². The number of likely N-dealkylation sites (tertiary alicyclic amines) is 2. The lowest BCUT2D eigenvalue weighted by Gasteiger charge is -2.22. The maximum Gasteiger partial charge on any atom is 0.257 e. The van der Waals surface area contributed by atoms with Crippen LogP contribution in [-0.4, -0.2) is 67.3 Å². The molecule has 0 spiro atoms. The number of pyridine rings is 1. The van der Waals surface area contributed by atoms with Gasteiger partial charge in [0.05, 0.1) is 0 Å². The van der Waals surface area contributed by atoms with E-state index in [0.29, 0.717) is 31.2 Å². The molecule has 0 bridgehead atoms. The molecule has 128 valence electrons. The molecule has 1 aromatic rings. The first-order valence-electron chi connectivity index (χ1n) is 8.76. The molecule has 2 saturated heterocycles. The van der Waals surface area contributed by atoms with Crippen LogP contribution in [0.5, 0.6) is 11.6 Å². The van der Waals surface area contributed by atoms with Crippen LogP contribution in [0.2, 0.25) is 0 Å². The normalized spacial score (nSPS) is 25.9. The van der Waals surface area contributed by atoms with E-state index in [1.54, 1.807) is 0 Å². The molecule has 0 aromatic carbocycles. The number of hydrogen-bond donors (Lipinski definition) is 0. The van der Waals surface area contributed by atoms with Crippen molar-refractivity contribution in [2.24, 2.45) is 0 Å². The minimum Gasteiger partial charge on any atom is -0.486 e. The highest BCUT2D eigenvalue weighted by Gasteiger charge is 2.24. The molecule has 0 saturated carbocycles. The topological polar surface area (TPSA) is 37.8 Å². The Hall–Kier alpha value is -1.33. The first-order chi connectivity index (χ1) is 11.1. The Morgan fingerprint density at radius 3 is 2.22 bits per heavy atom. The third kappa shape index (κ3) is 4.15. The van der Waals surface area contributed by atoms with E-state index in [9.17, 15) is 0 Å². The first kappa shape index (κ1) is 16.5. The average Bonchev–Trinajstić information content (AvgIpc) is 3.13. The molecular formula is C18H29N3O2. The van der Waals surface area contributed by atoms with E-state index in [-0.39, 0.29) is 0 Å². The van der Waals surface area contributed by atoms with Crippen molar-refractivity contribution in [3.8, 4) is 11.6 Å². The second kappa shape index (κ2) is 7.49. The van der Waals surface area contributed by atoms with Crippen LogP contribution in [0.15, 0.2) is 12.3 Å². The van der Waals surface area contributed by atoms with E-state index < -0.39 is 0 Å². The third-order valence-electron chi connectivity index (χ3n) is 5.14. The van der Waals surface area contributed by atoms with Crippen LogP contribution >= 0.6 is 0 Å². The van der Waals surface area contributed by atoms with Gasteiger partial charge < -0.3 is 19.3 Å². The molecular weight excluding hydrogens is 290 g/mol. The lowest BCUT2D eigenvalue weighted by Crippen LogP contribution is -2.31. The maximum absolute atomic E-state index is 6.07. The summed E-state index contributed by atoms with van der Waals surface area (Å²) in [6, 6.07) is 3.03. The van der Waals surface area contributed by atoms with Crippen LogP contribution in [0, 0.1) is 6.92 Å². The number of nitrogens with zero attached hydrogens (tertiary/aromatic N) is 3. The average molecular weight is 319 g/mol. The van der Waals surface area contributed by atoms with Gasteiger partial charge in [0.15, 0.2) is 5.75 Å². The summed E-state index contributed by atoms with van der Waals surface area (Å²) in [5, 5.41) is 0. The molecule has 0 N–H and O–H groups in total. The van der Waals surface area contributed by atoms with Crippen LogP contribution in [0.25, 0.3) is 0 Å². The van der Waals surface area contributed by atoms with Gasteiger partial charge in [0, 0.05) is 18.3 Å². The molecule has 0 aliphatic carbocycles. The van der Waals surface area contributed by atoms with Gasteiger partial charge in [-0.2, -0.15) is 0 Å². The van der Waals surface area contributed by atoms with E-state index in [1.165, 1.54) is 25.7 Å². The van der Waals surface area contributed by atoms with Crippen LogP contribution in [-0.2, 0) is 0 Å². The van der Waals surface area contributed by atoms with Gasteiger partial charge in [-0.25, -0.2) is 4.98 Å². The summed E-state index contributed by atoms with van der Waals surface area (Å²) in [6.45, 7) is 5.76. The van der Waals surface area contributed by atoms with Crippen molar-refractivity contribution in [3.63, 3.8) is 0 Å². The molecule has 5 heteroatoms. The highest BCUT2D eigenvalue weighted by Crippen LogP contribution is 2.28.